The molecule has 0 saturated carbocycles. The molecule has 0 aliphatic carbocycles. The maximum absolute atomic E-state index is 4.47. The molecule has 1 aromatic heterocycles. The van der Waals surface area contributed by atoms with Crippen molar-refractivity contribution >= 4 is 26.0 Å². The molecule has 0 bridgehead atoms. The standard InChI is InChI=1S/C12H8N2Se/c1-2-5-9(6-3-1)10-7-4-8-11-12(10)14-15-13-11/h1-8H. The summed E-state index contributed by atoms with van der Waals surface area (Å²) in [6.45, 7) is 0. The molecule has 2 aromatic carbocycles. The van der Waals surface area contributed by atoms with Crippen LogP contribution in [0.3, 0.4) is 0 Å². The fourth-order valence-corrected chi connectivity index (χ4v) is 2.81. The molecule has 3 aromatic rings. The van der Waals surface area contributed by atoms with Gasteiger partial charge in [-0.25, -0.2) is 0 Å². The molecule has 0 spiro atoms. The summed E-state index contributed by atoms with van der Waals surface area (Å²) in [6, 6.07) is 16.5. The number of hydrogen-bond donors (Lipinski definition) is 0. The Labute approximate surface area is 93.8 Å². The molecule has 0 aliphatic heterocycles. The van der Waals surface area contributed by atoms with E-state index in [1.165, 1.54) is 11.1 Å². The third-order valence-corrected chi connectivity index (χ3v) is 3.51. The molecule has 0 radical (unpaired) electrons. The molecule has 0 fully saturated rings. The second-order valence-electron chi connectivity index (χ2n) is 3.30. The monoisotopic (exact) mass is 260 g/mol. The Hall–Kier alpha value is -1.44. The molecule has 3 rings (SSSR count). The fraction of sp³-hybridized carbons (Fsp3) is 0. The molecular formula is C12H8N2Se. The molecule has 0 amide bonds. The van der Waals surface area contributed by atoms with Crippen LogP contribution in [0.2, 0.25) is 0 Å². The van der Waals surface area contributed by atoms with Crippen LogP contribution in [0.4, 0.5) is 0 Å². The van der Waals surface area contributed by atoms with E-state index in [1.54, 1.807) is 0 Å². The van der Waals surface area contributed by atoms with Crippen LogP contribution in [-0.4, -0.2) is 22.9 Å². The van der Waals surface area contributed by atoms with E-state index < -0.39 is 0 Å². The van der Waals surface area contributed by atoms with Crippen LogP contribution in [0, 0.1) is 0 Å². The Morgan fingerprint density at radius 3 is 2.53 bits per heavy atom. The maximum atomic E-state index is 4.47. The van der Waals surface area contributed by atoms with Gasteiger partial charge in [0, 0.05) is 0 Å². The average Bonchev–Trinajstić information content (AvgIpc) is 2.78. The quantitative estimate of drug-likeness (QED) is 0.627. The van der Waals surface area contributed by atoms with Crippen molar-refractivity contribution in [1.82, 2.24) is 7.96 Å². The zero-order chi connectivity index (χ0) is 10.1. The van der Waals surface area contributed by atoms with Crippen molar-refractivity contribution in [3.05, 3.63) is 48.5 Å². The molecule has 2 nitrogen and oxygen atoms in total. The molecule has 0 aliphatic rings. The van der Waals surface area contributed by atoms with E-state index in [4.69, 9.17) is 0 Å². The summed E-state index contributed by atoms with van der Waals surface area (Å²) >= 11 is 0.0488. The van der Waals surface area contributed by atoms with Crippen LogP contribution in [0.1, 0.15) is 0 Å². The predicted molar refractivity (Wildman–Crippen MR) is 61.9 cm³/mol. The van der Waals surface area contributed by atoms with Gasteiger partial charge in [-0.05, 0) is 0 Å². The second-order valence-corrected chi connectivity index (χ2v) is 4.41. The van der Waals surface area contributed by atoms with Crippen LogP contribution in [0.15, 0.2) is 48.5 Å². The van der Waals surface area contributed by atoms with Crippen molar-refractivity contribution in [3.8, 4) is 11.1 Å². The molecule has 15 heavy (non-hydrogen) atoms. The predicted octanol–water partition coefficient (Wildman–Crippen LogP) is 2.35. The minimum atomic E-state index is 0.0488. The van der Waals surface area contributed by atoms with Gasteiger partial charge in [0.05, 0.1) is 0 Å². The van der Waals surface area contributed by atoms with Crippen molar-refractivity contribution < 1.29 is 0 Å². The molecule has 1 heterocycles. The molecule has 72 valence electrons. The van der Waals surface area contributed by atoms with Crippen LogP contribution >= 0.6 is 0 Å². The van der Waals surface area contributed by atoms with Gasteiger partial charge in [-0.3, -0.25) is 0 Å². The minimum absolute atomic E-state index is 0.0488. The van der Waals surface area contributed by atoms with Gasteiger partial charge in [0.1, 0.15) is 0 Å². The van der Waals surface area contributed by atoms with Crippen LogP contribution in [0.25, 0.3) is 22.2 Å². The molecule has 0 atom stereocenters. The van der Waals surface area contributed by atoms with Gasteiger partial charge in [0.2, 0.25) is 0 Å². The molecular weight excluding hydrogens is 251 g/mol. The second kappa shape index (κ2) is 3.61. The van der Waals surface area contributed by atoms with Crippen molar-refractivity contribution in [2.24, 2.45) is 0 Å². The Morgan fingerprint density at radius 1 is 0.800 bits per heavy atom. The van der Waals surface area contributed by atoms with Gasteiger partial charge in [0.15, 0.2) is 0 Å². The summed E-state index contributed by atoms with van der Waals surface area (Å²) < 4.78 is 8.85. The van der Waals surface area contributed by atoms with Gasteiger partial charge in [-0.15, -0.1) is 0 Å². The van der Waals surface area contributed by atoms with Crippen LogP contribution in [-0.2, 0) is 0 Å². The first kappa shape index (κ1) is 8.83. The summed E-state index contributed by atoms with van der Waals surface area (Å²) in [4.78, 5) is 0. The summed E-state index contributed by atoms with van der Waals surface area (Å²) in [6.07, 6.45) is 0. The SMILES string of the molecule is c1ccc(-c2cccc3n[se]nc23)cc1. The van der Waals surface area contributed by atoms with Crippen LogP contribution < -0.4 is 0 Å². The van der Waals surface area contributed by atoms with Gasteiger partial charge in [0.25, 0.3) is 0 Å². The summed E-state index contributed by atoms with van der Waals surface area (Å²) in [7, 11) is 0. The molecule has 0 saturated heterocycles. The fourth-order valence-electron chi connectivity index (χ4n) is 1.66. The number of hydrogen-bond acceptors (Lipinski definition) is 2. The van der Waals surface area contributed by atoms with Crippen molar-refractivity contribution in [1.29, 1.82) is 0 Å². The van der Waals surface area contributed by atoms with Gasteiger partial charge in [-0.2, -0.15) is 0 Å². The number of nitrogens with zero attached hydrogens (tertiary/aromatic N) is 2. The molecule has 3 heteroatoms. The summed E-state index contributed by atoms with van der Waals surface area (Å²) in [5, 5.41) is 0. The van der Waals surface area contributed by atoms with E-state index in [1.807, 2.05) is 30.3 Å². The number of fused-ring (bicyclic) bond motifs is 1. The number of rotatable bonds is 1. The van der Waals surface area contributed by atoms with Crippen LogP contribution in [0.5, 0.6) is 0 Å². The molecule has 0 unspecified atom stereocenters. The van der Waals surface area contributed by atoms with Gasteiger partial charge < -0.3 is 0 Å². The summed E-state index contributed by atoms with van der Waals surface area (Å²) in [5.74, 6) is 0. The first-order valence-corrected chi connectivity index (χ1v) is 6.25. The van der Waals surface area contributed by atoms with E-state index >= 15 is 0 Å². The molecule has 0 N–H and O–H groups in total. The van der Waals surface area contributed by atoms with E-state index in [0.29, 0.717) is 0 Å². The Bertz CT molecular complexity index is 587. The first-order valence-electron chi connectivity index (χ1n) is 4.72. The van der Waals surface area contributed by atoms with Crippen molar-refractivity contribution in [2.75, 3.05) is 0 Å². The zero-order valence-corrected chi connectivity index (χ0v) is 9.63. The third-order valence-electron chi connectivity index (χ3n) is 2.37. The van der Waals surface area contributed by atoms with Crippen molar-refractivity contribution in [3.63, 3.8) is 0 Å². The number of aromatic nitrogens is 2. The van der Waals surface area contributed by atoms with E-state index in [9.17, 15) is 0 Å². The average molecular weight is 259 g/mol. The van der Waals surface area contributed by atoms with Crippen molar-refractivity contribution in [2.45, 2.75) is 0 Å². The first-order chi connectivity index (χ1) is 7.45. The third kappa shape index (κ3) is 1.50. The Balaban J connectivity index is 2.31. The zero-order valence-electron chi connectivity index (χ0n) is 7.92. The Kier molecular flexibility index (Phi) is 2.13. The van der Waals surface area contributed by atoms with Gasteiger partial charge in [-0.1, -0.05) is 0 Å². The number of benzene rings is 2. The van der Waals surface area contributed by atoms with E-state index in [2.05, 4.69) is 26.2 Å². The topological polar surface area (TPSA) is 25.8 Å². The summed E-state index contributed by atoms with van der Waals surface area (Å²) in [5.41, 5.74) is 4.50. The Morgan fingerprint density at radius 2 is 1.67 bits per heavy atom. The van der Waals surface area contributed by atoms with Gasteiger partial charge >= 0.3 is 93.6 Å². The van der Waals surface area contributed by atoms with E-state index in [0.717, 1.165) is 11.0 Å². The van der Waals surface area contributed by atoms with E-state index in [-0.39, 0.29) is 15.0 Å². The normalized spacial score (nSPS) is 10.7.